The molecule has 1 radical (unpaired) electrons. The SMILES string of the molecule is C[Si](C)[Zr+2][CH]1c2ccccc2-c2cccc(C3=CC=CC3)c21.[Cl-].[Cl-]. The van der Waals surface area contributed by atoms with E-state index in [1.165, 1.54) is 22.3 Å². The van der Waals surface area contributed by atoms with E-state index in [1.807, 2.05) is 0 Å². The molecule has 1 unspecified atom stereocenters. The minimum atomic E-state index is -0.406. The van der Waals surface area contributed by atoms with Crippen LogP contribution in [0.25, 0.3) is 16.7 Å². The molecule has 0 spiro atoms. The second-order valence-corrected chi connectivity index (χ2v) is 19.5. The predicted octanol–water partition coefficient (Wildman–Crippen LogP) is -0.559. The number of allylic oxidation sites excluding steroid dienone is 4. The molecule has 24 heavy (non-hydrogen) atoms. The van der Waals surface area contributed by atoms with Gasteiger partial charge in [0.05, 0.1) is 0 Å². The number of rotatable bonds is 3. The quantitative estimate of drug-likeness (QED) is 0.552. The molecule has 0 nitrogen and oxygen atoms in total. The van der Waals surface area contributed by atoms with Gasteiger partial charge in [-0.1, -0.05) is 0 Å². The Labute approximate surface area is 169 Å². The van der Waals surface area contributed by atoms with Gasteiger partial charge < -0.3 is 24.8 Å². The molecule has 0 aliphatic heterocycles. The van der Waals surface area contributed by atoms with Gasteiger partial charge >= 0.3 is 146 Å². The molecule has 2 aromatic rings. The molecule has 0 saturated heterocycles. The summed E-state index contributed by atoms with van der Waals surface area (Å²) in [5.41, 5.74) is 9.32. The Hall–Kier alpha value is -0.400. The summed E-state index contributed by atoms with van der Waals surface area (Å²) in [6.45, 7) is 5.02. The summed E-state index contributed by atoms with van der Waals surface area (Å²) in [5.74, 6) is -0.105. The zero-order valence-corrected chi connectivity index (χ0v) is 18.8. The van der Waals surface area contributed by atoms with Crippen molar-refractivity contribution < 1.29 is 47.2 Å². The van der Waals surface area contributed by atoms with Crippen molar-refractivity contribution in [2.24, 2.45) is 0 Å². The molecule has 2 aliphatic carbocycles. The molecule has 4 heteroatoms. The van der Waals surface area contributed by atoms with Crippen molar-refractivity contribution in [2.75, 3.05) is 0 Å². The predicted molar refractivity (Wildman–Crippen MR) is 92.9 cm³/mol. The van der Waals surface area contributed by atoms with Crippen molar-refractivity contribution in [1.29, 1.82) is 0 Å². The van der Waals surface area contributed by atoms with Gasteiger partial charge in [0.15, 0.2) is 0 Å². The van der Waals surface area contributed by atoms with Crippen LogP contribution < -0.4 is 24.8 Å². The van der Waals surface area contributed by atoms with Gasteiger partial charge in [-0.05, 0) is 0 Å². The molecule has 2 aliphatic rings. The average Bonchev–Trinajstić information content (AvgIpc) is 3.15. The van der Waals surface area contributed by atoms with E-state index in [1.54, 1.807) is 11.1 Å². The van der Waals surface area contributed by atoms with E-state index in [2.05, 4.69) is 73.8 Å². The van der Waals surface area contributed by atoms with Crippen LogP contribution in [0.5, 0.6) is 0 Å². The minimum Gasteiger partial charge on any atom is -1.00 e. The Balaban J connectivity index is 0.00000104. The van der Waals surface area contributed by atoms with Crippen molar-refractivity contribution in [3.05, 3.63) is 77.4 Å². The van der Waals surface area contributed by atoms with Gasteiger partial charge in [-0.2, -0.15) is 0 Å². The van der Waals surface area contributed by atoms with Crippen molar-refractivity contribution in [3.8, 4) is 11.1 Å². The van der Waals surface area contributed by atoms with Gasteiger partial charge in [-0.25, -0.2) is 0 Å². The van der Waals surface area contributed by atoms with E-state index in [0.29, 0.717) is 0 Å². The number of benzene rings is 2. The minimum absolute atomic E-state index is 0. The molecule has 4 rings (SSSR count). The van der Waals surface area contributed by atoms with E-state index in [0.717, 1.165) is 10.0 Å². The Kier molecular flexibility index (Phi) is 6.90. The van der Waals surface area contributed by atoms with Gasteiger partial charge in [0.25, 0.3) is 0 Å². The van der Waals surface area contributed by atoms with Crippen LogP contribution in [-0.2, 0) is 22.4 Å². The maximum Gasteiger partial charge on any atom is -1.00 e. The van der Waals surface area contributed by atoms with Gasteiger partial charge in [0, 0.05) is 0 Å². The van der Waals surface area contributed by atoms with Crippen LogP contribution in [-0.4, -0.2) is 5.92 Å². The third-order valence-corrected chi connectivity index (χ3v) is 13.2. The summed E-state index contributed by atoms with van der Waals surface area (Å²) in [6, 6.07) is 16.1. The van der Waals surface area contributed by atoms with E-state index in [4.69, 9.17) is 0 Å². The third-order valence-electron chi connectivity index (χ3n) is 4.51. The molecular weight excluding hydrogens is 430 g/mol. The second-order valence-electron chi connectivity index (χ2n) is 6.26. The molecule has 0 bridgehead atoms. The number of hydrogen-bond acceptors (Lipinski definition) is 0. The smallest absolute Gasteiger partial charge is 1.00 e. The summed E-state index contributed by atoms with van der Waals surface area (Å²) in [5, 5.41) is 0. The Morgan fingerprint density at radius 3 is 2.33 bits per heavy atom. The van der Waals surface area contributed by atoms with E-state index in [-0.39, 0.29) is 30.7 Å². The van der Waals surface area contributed by atoms with Crippen molar-refractivity contribution in [3.63, 3.8) is 0 Å². The van der Waals surface area contributed by atoms with Crippen molar-refractivity contribution >= 4 is 11.5 Å². The van der Waals surface area contributed by atoms with E-state index >= 15 is 0 Å². The summed E-state index contributed by atoms with van der Waals surface area (Å²) in [7, 11) is 0. The molecular formula is C20H19Cl2SiZr. The summed E-state index contributed by atoms with van der Waals surface area (Å²) in [4.78, 5) is 0. The zero-order chi connectivity index (χ0) is 15.1. The molecule has 0 fully saturated rings. The van der Waals surface area contributed by atoms with Crippen LogP contribution >= 0.6 is 0 Å². The van der Waals surface area contributed by atoms with Gasteiger partial charge in [0.2, 0.25) is 0 Å². The number of fused-ring (bicyclic) bond motifs is 3. The molecule has 121 valence electrons. The topological polar surface area (TPSA) is 0 Å². The first kappa shape index (κ1) is 19.9. The zero-order valence-electron chi connectivity index (χ0n) is 13.8. The maximum absolute atomic E-state index is 2.51. The van der Waals surface area contributed by atoms with Crippen LogP contribution in [0.2, 0.25) is 13.1 Å². The van der Waals surface area contributed by atoms with Crippen LogP contribution in [0.3, 0.4) is 0 Å². The summed E-state index contributed by atoms with van der Waals surface area (Å²) in [6.07, 6.45) is 7.90. The number of halogens is 2. The fourth-order valence-corrected chi connectivity index (χ4v) is 12.4. The van der Waals surface area contributed by atoms with Crippen LogP contribution in [0, 0.1) is 0 Å². The molecule has 0 heterocycles. The normalized spacial score (nSPS) is 16.6. The van der Waals surface area contributed by atoms with Gasteiger partial charge in [0.1, 0.15) is 0 Å². The second kappa shape index (κ2) is 8.32. The first-order valence-corrected chi connectivity index (χ1v) is 15.5. The molecule has 0 amide bonds. The molecule has 0 N–H and O–H groups in total. The molecule has 2 aromatic carbocycles. The van der Waals surface area contributed by atoms with Crippen LogP contribution in [0.15, 0.2) is 60.7 Å². The summed E-state index contributed by atoms with van der Waals surface area (Å²) < 4.78 is 0.761. The molecule has 1 atom stereocenters. The van der Waals surface area contributed by atoms with Gasteiger partial charge in [-0.15, -0.1) is 0 Å². The van der Waals surface area contributed by atoms with Crippen LogP contribution in [0.1, 0.15) is 26.7 Å². The van der Waals surface area contributed by atoms with E-state index < -0.39 is 22.4 Å². The number of hydrogen-bond donors (Lipinski definition) is 0. The molecule has 0 aromatic heterocycles. The summed E-state index contributed by atoms with van der Waals surface area (Å²) >= 11 is -0.406. The maximum atomic E-state index is 2.51. The Morgan fingerprint density at radius 2 is 1.62 bits per heavy atom. The Bertz CT molecular complexity index is 796. The fraction of sp³-hybridized carbons (Fsp3) is 0.200. The average molecular weight is 450 g/mol. The Morgan fingerprint density at radius 1 is 0.917 bits per heavy atom. The monoisotopic (exact) mass is 447 g/mol. The first-order valence-electron chi connectivity index (χ1n) is 7.90. The fourth-order valence-electron chi connectivity index (χ4n) is 3.63. The van der Waals surface area contributed by atoms with Crippen LogP contribution in [0.4, 0.5) is 0 Å². The van der Waals surface area contributed by atoms with Crippen molar-refractivity contribution in [2.45, 2.75) is 23.1 Å². The first-order chi connectivity index (χ1) is 10.8. The van der Waals surface area contributed by atoms with E-state index in [9.17, 15) is 0 Å². The largest absolute Gasteiger partial charge is 1.00 e. The van der Waals surface area contributed by atoms with Crippen molar-refractivity contribution in [1.82, 2.24) is 0 Å². The molecule has 0 saturated carbocycles. The van der Waals surface area contributed by atoms with Gasteiger partial charge in [-0.3, -0.25) is 0 Å². The standard InChI is InChI=1S/C18H13.C2H6Si.2ClH.Zr/c1-2-7-13(6-1)15-10-5-11-17-16-9-4-3-8-14(16)12-18(15)17;1-3-2;;;/h1-6,8-12H,7H2;1-2H3;2*1H;/q;;;;+2/p-2. The third kappa shape index (κ3) is 3.44.